The van der Waals surface area contributed by atoms with Crippen molar-refractivity contribution in [3.05, 3.63) is 0 Å². The van der Waals surface area contributed by atoms with Gasteiger partial charge in [-0.05, 0) is 18.8 Å². The number of hydrogen-bond donors (Lipinski definition) is 1. The molecule has 5 heteroatoms. The predicted octanol–water partition coefficient (Wildman–Crippen LogP) is 1.31. The molecule has 0 bridgehead atoms. The standard InChI is InChI=1S/C10H18O4S/c1-2-15(13,14)7-9(10(11)12)8-5-3-4-6-8/h8-9H,2-7H2,1H3,(H,11,12). The molecule has 1 atom stereocenters. The molecule has 1 aliphatic carbocycles. The Labute approximate surface area is 90.6 Å². The van der Waals surface area contributed by atoms with Gasteiger partial charge in [-0.25, -0.2) is 8.42 Å². The van der Waals surface area contributed by atoms with Gasteiger partial charge < -0.3 is 5.11 Å². The second kappa shape index (κ2) is 4.96. The molecule has 0 radical (unpaired) electrons. The molecule has 0 amide bonds. The van der Waals surface area contributed by atoms with E-state index in [-0.39, 0.29) is 17.4 Å². The molecule has 1 fully saturated rings. The van der Waals surface area contributed by atoms with E-state index in [4.69, 9.17) is 5.11 Å². The van der Waals surface area contributed by atoms with Crippen molar-refractivity contribution in [2.24, 2.45) is 11.8 Å². The molecule has 1 rings (SSSR count). The average molecular weight is 234 g/mol. The molecular formula is C10H18O4S. The predicted molar refractivity (Wildman–Crippen MR) is 57.4 cm³/mol. The van der Waals surface area contributed by atoms with Gasteiger partial charge in [0.25, 0.3) is 0 Å². The maximum atomic E-state index is 11.4. The Hall–Kier alpha value is -0.580. The van der Waals surface area contributed by atoms with Gasteiger partial charge in [0.1, 0.15) is 0 Å². The summed E-state index contributed by atoms with van der Waals surface area (Å²) in [4.78, 5) is 11.0. The number of sulfone groups is 1. The molecule has 0 aromatic rings. The van der Waals surface area contributed by atoms with Gasteiger partial charge in [0.15, 0.2) is 9.84 Å². The summed E-state index contributed by atoms with van der Waals surface area (Å²) in [5.41, 5.74) is 0. The fourth-order valence-corrected chi connectivity index (χ4v) is 3.36. The van der Waals surface area contributed by atoms with Crippen molar-refractivity contribution in [2.45, 2.75) is 32.6 Å². The Morgan fingerprint density at radius 1 is 1.40 bits per heavy atom. The van der Waals surface area contributed by atoms with Crippen LogP contribution in [0.3, 0.4) is 0 Å². The van der Waals surface area contributed by atoms with Crippen molar-refractivity contribution < 1.29 is 18.3 Å². The monoisotopic (exact) mass is 234 g/mol. The SMILES string of the molecule is CCS(=O)(=O)CC(C(=O)O)C1CCCC1. The number of rotatable bonds is 5. The number of hydrogen-bond acceptors (Lipinski definition) is 3. The van der Waals surface area contributed by atoms with Crippen molar-refractivity contribution in [2.75, 3.05) is 11.5 Å². The summed E-state index contributed by atoms with van der Waals surface area (Å²) in [6.45, 7) is 1.56. The summed E-state index contributed by atoms with van der Waals surface area (Å²) in [7, 11) is -3.18. The van der Waals surface area contributed by atoms with Gasteiger partial charge in [0, 0.05) is 5.75 Å². The van der Waals surface area contributed by atoms with Crippen LogP contribution in [-0.2, 0) is 14.6 Å². The van der Waals surface area contributed by atoms with E-state index < -0.39 is 21.7 Å². The molecule has 1 unspecified atom stereocenters. The average Bonchev–Trinajstić information content (AvgIpc) is 2.66. The van der Waals surface area contributed by atoms with Crippen LogP contribution in [0.5, 0.6) is 0 Å². The van der Waals surface area contributed by atoms with E-state index in [2.05, 4.69) is 0 Å². The van der Waals surface area contributed by atoms with Crippen LogP contribution in [-0.4, -0.2) is 31.0 Å². The maximum Gasteiger partial charge on any atom is 0.307 e. The number of carbonyl (C=O) groups is 1. The van der Waals surface area contributed by atoms with Crippen molar-refractivity contribution in [1.29, 1.82) is 0 Å². The highest BCUT2D eigenvalue weighted by atomic mass is 32.2. The first-order valence-corrected chi connectivity index (χ1v) is 7.21. The zero-order valence-corrected chi connectivity index (χ0v) is 9.79. The third-order valence-corrected chi connectivity index (χ3v) is 4.91. The summed E-state index contributed by atoms with van der Waals surface area (Å²) >= 11 is 0. The molecule has 1 N–H and O–H groups in total. The lowest BCUT2D eigenvalue weighted by Crippen LogP contribution is -2.30. The van der Waals surface area contributed by atoms with Crippen LogP contribution in [0.25, 0.3) is 0 Å². The van der Waals surface area contributed by atoms with E-state index in [9.17, 15) is 13.2 Å². The first-order chi connectivity index (χ1) is 6.96. The Balaban J connectivity index is 2.70. The molecule has 0 saturated heterocycles. The maximum absolute atomic E-state index is 11.4. The van der Waals surface area contributed by atoms with Gasteiger partial charge in [0.05, 0.1) is 11.7 Å². The topological polar surface area (TPSA) is 71.4 Å². The normalized spacial score (nSPS) is 20.3. The third-order valence-electron chi connectivity index (χ3n) is 3.16. The Morgan fingerprint density at radius 3 is 2.33 bits per heavy atom. The Bertz CT molecular complexity index is 314. The second-order valence-corrected chi connectivity index (χ2v) is 6.59. The van der Waals surface area contributed by atoms with Crippen LogP contribution < -0.4 is 0 Å². The molecule has 0 aromatic heterocycles. The molecule has 0 spiro atoms. The largest absolute Gasteiger partial charge is 0.481 e. The second-order valence-electron chi connectivity index (χ2n) is 4.19. The summed E-state index contributed by atoms with van der Waals surface area (Å²) in [6, 6.07) is 0. The Morgan fingerprint density at radius 2 is 1.93 bits per heavy atom. The van der Waals surface area contributed by atoms with E-state index >= 15 is 0 Å². The molecule has 1 saturated carbocycles. The molecule has 0 heterocycles. The van der Waals surface area contributed by atoms with Crippen molar-refractivity contribution in [3.8, 4) is 0 Å². The summed E-state index contributed by atoms with van der Waals surface area (Å²) in [6.07, 6.45) is 3.77. The first-order valence-electron chi connectivity index (χ1n) is 5.39. The highest BCUT2D eigenvalue weighted by molar-refractivity contribution is 7.91. The van der Waals surface area contributed by atoms with Gasteiger partial charge in [-0.15, -0.1) is 0 Å². The van der Waals surface area contributed by atoms with Crippen molar-refractivity contribution in [1.82, 2.24) is 0 Å². The van der Waals surface area contributed by atoms with Crippen LogP contribution in [0.2, 0.25) is 0 Å². The van der Waals surface area contributed by atoms with Gasteiger partial charge in [-0.1, -0.05) is 19.8 Å². The fourth-order valence-electron chi connectivity index (χ4n) is 2.16. The molecule has 15 heavy (non-hydrogen) atoms. The van der Waals surface area contributed by atoms with Crippen molar-refractivity contribution in [3.63, 3.8) is 0 Å². The number of aliphatic carboxylic acids is 1. The van der Waals surface area contributed by atoms with Gasteiger partial charge in [0.2, 0.25) is 0 Å². The van der Waals surface area contributed by atoms with E-state index in [1.54, 1.807) is 6.92 Å². The van der Waals surface area contributed by atoms with Gasteiger partial charge in [-0.2, -0.15) is 0 Å². The smallest absolute Gasteiger partial charge is 0.307 e. The lowest BCUT2D eigenvalue weighted by molar-refractivity contribution is -0.142. The summed E-state index contributed by atoms with van der Waals surface area (Å²) in [5.74, 6) is -1.76. The number of carboxylic acids is 1. The van der Waals surface area contributed by atoms with Crippen LogP contribution in [0.15, 0.2) is 0 Å². The summed E-state index contributed by atoms with van der Waals surface area (Å²) in [5, 5.41) is 9.03. The zero-order chi connectivity index (χ0) is 11.5. The highest BCUT2D eigenvalue weighted by Crippen LogP contribution is 2.32. The van der Waals surface area contributed by atoms with Gasteiger partial charge >= 0.3 is 5.97 Å². The van der Waals surface area contributed by atoms with E-state index in [0.29, 0.717) is 0 Å². The molecule has 1 aliphatic rings. The first kappa shape index (κ1) is 12.5. The summed E-state index contributed by atoms with van der Waals surface area (Å²) < 4.78 is 22.8. The quantitative estimate of drug-likeness (QED) is 0.778. The lowest BCUT2D eigenvalue weighted by atomic mass is 9.93. The molecule has 88 valence electrons. The minimum Gasteiger partial charge on any atom is -0.481 e. The van der Waals surface area contributed by atoms with Crippen LogP contribution in [0.1, 0.15) is 32.6 Å². The zero-order valence-electron chi connectivity index (χ0n) is 8.98. The molecule has 4 nitrogen and oxygen atoms in total. The minimum atomic E-state index is -3.18. The molecular weight excluding hydrogens is 216 g/mol. The lowest BCUT2D eigenvalue weighted by Gasteiger charge is -2.18. The van der Waals surface area contributed by atoms with Crippen LogP contribution in [0, 0.1) is 11.8 Å². The highest BCUT2D eigenvalue weighted by Gasteiger charge is 2.33. The van der Waals surface area contributed by atoms with Gasteiger partial charge in [-0.3, -0.25) is 4.79 Å². The molecule has 0 aromatic carbocycles. The van der Waals surface area contributed by atoms with Crippen LogP contribution >= 0.6 is 0 Å². The number of carboxylic acid groups (broad SMARTS) is 1. The van der Waals surface area contributed by atoms with E-state index in [0.717, 1.165) is 25.7 Å². The fraction of sp³-hybridized carbons (Fsp3) is 0.900. The minimum absolute atomic E-state index is 0.0313. The van der Waals surface area contributed by atoms with E-state index in [1.807, 2.05) is 0 Å². The Kier molecular flexibility index (Phi) is 4.13. The third kappa shape index (κ3) is 3.48. The van der Waals surface area contributed by atoms with E-state index in [1.165, 1.54) is 0 Å². The van der Waals surface area contributed by atoms with Crippen molar-refractivity contribution >= 4 is 15.8 Å². The van der Waals surface area contributed by atoms with Crippen LogP contribution in [0.4, 0.5) is 0 Å². The molecule has 0 aliphatic heterocycles.